The number of para-hydroxylation sites is 1. The van der Waals surface area contributed by atoms with Crippen molar-refractivity contribution >= 4 is 14.0 Å². The van der Waals surface area contributed by atoms with Crippen LogP contribution in [0.2, 0.25) is 0 Å². The van der Waals surface area contributed by atoms with Crippen LogP contribution in [0.1, 0.15) is 6.42 Å². The van der Waals surface area contributed by atoms with E-state index in [2.05, 4.69) is 0 Å². The SMILES string of the molecule is O=C(O)CC[P+](=O)Oc1ccccc1.[Ti]. The second-order valence-corrected chi connectivity index (χ2v) is 3.90. The minimum absolute atomic E-state index is 0. The first-order valence-electron chi connectivity index (χ1n) is 4.08. The molecule has 1 aromatic carbocycles. The van der Waals surface area contributed by atoms with E-state index in [-0.39, 0.29) is 34.3 Å². The van der Waals surface area contributed by atoms with E-state index in [1.807, 2.05) is 6.07 Å². The van der Waals surface area contributed by atoms with Gasteiger partial charge in [0, 0.05) is 21.7 Å². The molecular formula is C9H10O4PTi+. The van der Waals surface area contributed by atoms with Crippen molar-refractivity contribution in [3.05, 3.63) is 30.3 Å². The average molecular weight is 261 g/mol. The van der Waals surface area contributed by atoms with Crippen molar-refractivity contribution in [2.24, 2.45) is 0 Å². The van der Waals surface area contributed by atoms with Gasteiger partial charge in [-0.25, -0.2) is 0 Å². The van der Waals surface area contributed by atoms with Gasteiger partial charge in [-0.2, -0.15) is 0 Å². The van der Waals surface area contributed by atoms with Crippen molar-refractivity contribution in [2.45, 2.75) is 6.42 Å². The monoisotopic (exact) mass is 261 g/mol. The number of rotatable bonds is 5. The fraction of sp³-hybridized carbons (Fsp3) is 0.222. The second-order valence-electron chi connectivity index (χ2n) is 2.60. The summed E-state index contributed by atoms with van der Waals surface area (Å²) in [4.78, 5) is 10.2. The van der Waals surface area contributed by atoms with Crippen LogP contribution in [-0.4, -0.2) is 17.2 Å². The molecule has 0 heterocycles. The largest absolute Gasteiger partial charge is 0.556 e. The number of hydrogen-bond acceptors (Lipinski definition) is 3. The fourth-order valence-electron chi connectivity index (χ4n) is 0.831. The van der Waals surface area contributed by atoms with Crippen molar-refractivity contribution in [2.75, 3.05) is 6.16 Å². The van der Waals surface area contributed by atoms with Crippen LogP contribution in [0.5, 0.6) is 5.75 Å². The van der Waals surface area contributed by atoms with Crippen molar-refractivity contribution in [1.82, 2.24) is 0 Å². The van der Waals surface area contributed by atoms with Crippen LogP contribution in [0.4, 0.5) is 0 Å². The zero-order valence-electron chi connectivity index (χ0n) is 7.92. The number of carbonyl (C=O) groups is 1. The first kappa shape index (κ1) is 14.3. The molecule has 4 nitrogen and oxygen atoms in total. The molecule has 1 N–H and O–H groups in total. The molecule has 0 radical (unpaired) electrons. The van der Waals surface area contributed by atoms with Crippen molar-refractivity contribution < 1.29 is 40.7 Å². The summed E-state index contributed by atoms with van der Waals surface area (Å²) in [6.45, 7) is 0. The Morgan fingerprint density at radius 3 is 2.47 bits per heavy atom. The predicted octanol–water partition coefficient (Wildman–Crippen LogP) is 2.28. The number of hydrogen-bond donors (Lipinski definition) is 1. The summed E-state index contributed by atoms with van der Waals surface area (Å²) in [5, 5.41) is 8.34. The molecule has 0 amide bonds. The molecule has 0 aliphatic heterocycles. The zero-order valence-corrected chi connectivity index (χ0v) is 10.4. The van der Waals surface area contributed by atoms with Crippen LogP contribution < -0.4 is 4.52 Å². The molecule has 0 saturated carbocycles. The van der Waals surface area contributed by atoms with Gasteiger partial charge in [-0.1, -0.05) is 18.2 Å². The van der Waals surface area contributed by atoms with Gasteiger partial charge in [0.1, 0.15) is 0 Å². The van der Waals surface area contributed by atoms with Gasteiger partial charge in [0.25, 0.3) is 0 Å². The third-order valence-electron chi connectivity index (χ3n) is 1.46. The first-order valence-corrected chi connectivity index (χ1v) is 5.44. The number of benzene rings is 1. The second kappa shape index (κ2) is 7.58. The minimum atomic E-state index is -1.92. The Balaban J connectivity index is 0.00000196. The third-order valence-corrected chi connectivity index (χ3v) is 2.46. The van der Waals surface area contributed by atoms with Crippen LogP contribution in [0.15, 0.2) is 30.3 Å². The van der Waals surface area contributed by atoms with Gasteiger partial charge in [0.05, 0.1) is 6.42 Å². The smallest absolute Gasteiger partial charge is 0.481 e. The fourth-order valence-corrected chi connectivity index (χ4v) is 1.65. The van der Waals surface area contributed by atoms with Gasteiger partial charge in [-0.15, -0.1) is 0 Å². The number of carboxylic acid groups (broad SMARTS) is 1. The van der Waals surface area contributed by atoms with E-state index in [1.165, 1.54) is 0 Å². The molecule has 0 bridgehead atoms. The van der Waals surface area contributed by atoms with Crippen LogP contribution >= 0.6 is 8.03 Å². The number of carboxylic acids is 1. The molecule has 0 spiro atoms. The molecular weight excluding hydrogens is 251 g/mol. The normalized spacial score (nSPS) is 10.0. The van der Waals surface area contributed by atoms with E-state index >= 15 is 0 Å². The van der Waals surface area contributed by atoms with E-state index < -0.39 is 14.0 Å². The summed E-state index contributed by atoms with van der Waals surface area (Å²) in [7, 11) is -1.92. The molecule has 0 aliphatic rings. The van der Waals surface area contributed by atoms with Gasteiger partial charge in [0.2, 0.25) is 0 Å². The maximum atomic E-state index is 11.2. The van der Waals surface area contributed by atoms with Crippen molar-refractivity contribution in [3.8, 4) is 5.75 Å². The molecule has 15 heavy (non-hydrogen) atoms. The summed E-state index contributed by atoms with van der Waals surface area (Å²) >= 11 is 0. The Bertz CT molecular complexity index is 328. The molecule has 1 rings (SSSR count). The summed E-state index contributed by atoms with van der Waals surface area (Å²) in [6, 6.07) is 8.69. The van der Waals surface area contributed by atoms with Crippen molar-refractivity contribution in [3.63, 3.8) is 0 Å². The van der Waals surface area contributed by atoms with Gasteiger partial charge in [-0.3, -0.25) is 9.32 Å². The average Bonchev–Trinajstić information content (AvgIpc) is 2.16. The van der Waals surface area contributed by atoms with Gasteiger partial charge in [-0.05, 0) is 16.7 Å². The van der Waals surface area contributed by atoms with Crippen LogP contribution in [0.3, 0.4) is 0 Å². The quantitative estimate of drug-likeness (QED) is 0.652. The van der Waals surface area contributed by atoms with Crippen LogP contribution in [0.25, 0.3) is 0 Å². The molecule has 1 atom stereocenters. The summed E-state index contributed by atoms with van der Waals surface area (Å²) in [5.74, 6) is -0.469. The van der Waals surface area contributed by atoms with E-state index in [0.29, 0.717) is 5.75 Å². The summed E-state index contributed by atoms with van der Waals surface area (Å²) < 4.78 is 16.2. The van der Waals surface area contributed by atoms with Crippen LogP contribution in [-0.2, 0) is 31.1 Å². The predicted molar refractivity (Wildman–Crippen MR) is 51.8 cm³/mol. The third kappa shape index (κ3) is 6.40. The molecule has 78 valence electrons. The standard InChI is InChI=1S/C9H9O4P.Ti/c10-9(11)6-7-14(12)13-8-4-2-1-3-5-8;/h1-5H,6-7H2;/p+1. The van der Waals surface area contributed by atoms with E-state index in [9.17, 15) is 9.36 Å². The Hall–Kier alpha value is -0.696. The molecule has 1 aromatic rings. The molecule has 1 unspecified atom stereocenters. The van der Waals surface area contributed by atoms with E-state index in [4.69, 9.17) is 9.63 Å². The van der Waals surface area contributed by atoms with Crippen LogP contribution in [0, 0.1) is 0 Å². The van der Waals surface area contributed by atoms with Gasteiger partial charge < -0.3 is 5.11 Å². The first-order chi connectivity index (χ1) is 6.68. The van der Waals surface area contributed by atoms with Crippen molar-refractivity contribution in [1.29, 1.82) is 0 Å². The van der Waals surface area contributed by atoms with E-state index in [1.54, 1.807) is 24.3 Å². The Kier molecular flexibility index (Phi) is 7.23. The molecule has 0 aliphatic carbocycles. The maximum absolute atomic E-state index is 11.2. The minimum Gasteiger partial charge on any atom is -0.481 e. The molecule has 0 saturated heterocycles. The molecule has 0 fully saturated rings. The number of aliphatic carboxylic acids is 1. The summed E-state index contributed by atoms with van der Waals surface area (Å²) in [6.07, 6.45) is -0.0956. The molecule has 6 heteroatoms. The molecule has 0 aromatic heterocycles. The topological polar surface area (TPSA) is 63.6 Å². The van der Waals surface area contributed by atoms with Gasteiger partial charge >= 0.3 is 14.0 Å². The Labute approximate surface area is 103 Å². The summed E-state index contributed by atoms with van der Waals surface area (Å²) in [5.41, 5.74) is 0. The zero-order chi connectivity index (χ0) is 10.4. The maximum Gasteiger partial charge on any atom is 0.556 e. The Morgan fingerprint density at radius 2 is 1.93 bits per heavy atom. The Morgan fingerprint density at radius 1 is 1.33 bits per heavy atom. The van der Waals surface area contributed by atoms with E-state index in [0.717, 1.165) is 0 Å². The van der Waals surface area contributed by atoms with Gasteiger partial charge in [0.15, 0.2) is 11.9 Å².